The quantitative estimate of drug-likeness (QED) is 0.0572. The Bertz CT molecular complexity index is 1320. The second-order valence-electron chi connectivity index (χ2n) is 11.0. The molecule has 0 aliphatic rings. The summed E-state index contributed by atoms with van der Waals surface area (Å²) in [6, 6.07) is 5.89. The van der Waals surface area contributed by atoms with Crippen molar-refractivity contribution in [3.8, 4) is 34.1 Å². The number of nitrogens with one attached hydrogen (secondary N) is 6. The topological polar surface area (TPSA) is 279 Å². The second kappa shape index (κ2) is 33.8. The number of phenols is 4. The van der Waals surface area contributed by atoms with E-state index in [2.05, 4.69) is 58.2 Å². The number of benzene rings is 2. The fourth-order valence-electron chi connectivity index (χ4n) is 2.82. The fourth-order valence-corrected chi connectivity index (χ4v) is 2.82. The molecule has 16 nitrogen and oxygen atoms in total. The predicted molar refractivity (Wildman–Crippen MR) is 199 cm³/mol. The van der Waals surface area contributed by atoms with Crippen LogP contribution in [0.5, 0.6) is 23.0 Å². The van der Waals surface area contributed by atoms with E-state index in [1.807, 2.05) is 55.9 Å². The Morgan fingerprint density at radius 3 is 0.926 bits per heavy atom. The molecule has 0 bridgehead atoms. The molecule has 2 aromatic rings. The molecule has 0 aliphatic heterocycles. The number of carbonyl (C=O) groups is 2. The summed E-state index contributed by atoms with van der Waals surface area (Å²) in [6.45, 7) is 25.4. The van der Waals surface area contributed by atoms with E-state index in [1.165, 1.54) is 26.0 Å². The van der Waals surface area contributed by atoms with Gasteiger partial charge in [-0.15, -0.1) is 0 Å². The van der Waals surface area contributed by atoms with Crippen molar-refractivity contribution < 1.29 is 93.4 Å². The van der Waals surface area contributed by atoms with Gasteiger partial charge in [-0.25, -0.2) is 0 Å². The van der Waals surface area contributed by atoms with Gasteiger partial charge in [0.1, 0.15) is 20.1 Å². The van der Waals surface area contributed by atoms with Crippen LogP contribution in [0.4, 0.5) is 0 Å². The van der Waals surface area contributed by atoms with Crippen molar-refractivity contribution in [3.63, 3.8) is 0 Å². The van der Waals surface area contributed by atoms with Gasteiger partial charge >= 0.3 is 29.6 Å². The molecule has 2 amide bonds. The zero-order chi connectivity index (χ0) is 42.5. The Balaban J connectivity index is -0.000000249. The van der Waals surface area contributed by atoms with Crippen LogP contribution in [0.15, 0.2) is 73.4 Å². The minimum absolute atomic E-state index is 0. The molecule has 0 aromatic heterocycles. The molecule has 0 aliphatic carbocycles. The molecule has 0 spiro atoms. The van der Waals surface area contributed by atoms with Gasteiger partial charge in [0, 0.05) is 66.3 Å². The maximum atomic E-state index is 11.0. The molecule has 0 atom stereocenters. The molecule has 0 saturated heterocycles. The summed E-state index contributed by atoms with van der Waals surface area (Å²) >= 11 is -5.94. The number of halogens is 1. The first-order chi connectivity index (χ1) is 24.3. The molecule has 0 unspecified atom stereocenters. The summed E-state index contributed by atoms with van der Waals surface area (Å²) in [4.78, 5) is 22.0. The summed E-state index contributed by atoms with van der Waals surface area (Å²) in [5.74, 6) is -1.99. The molecule has 54 heavy (non-hydrogen) atoms. The van der Waals surface area contributed by atoms with Gasteiger partial charge in [0.2, 0.25) is 11.8 Å². The third-order valence-corrected chi connectivity index (χ3v) is 5.87. The van der Waals surface area contributed by atoms with E-state index in [0.717, 1.165) is 22.8 Å². The number of phenolic OH excluding ortho intramolecular Hbond substituents is 4. The largest absolute Gasteiger partial charge is 1.00 e. The molecule has 18 heteroatoms. The smallest absolute Gasteiger partial charge is 0.504 e. The van der Waals surface area contributed by atoms with E-state index < -0.39 is 31.6 Å². The summed E-state index contributed by atoms with van der Waals surface area (Å²) in [6.07, 6.45) is 0.796. The Morgan fingerprint density at radius 2 is 0.759 bits per heavy atom. The van der Waals surface area contributed by atoms with Crippen molar-refractivity contribution in [3.05, 3.63) is 84.5 Å². The Kier molecular flexibility index (Phi) is 37.3. The maximum Gasteiger partial charge on any atom is 1.00 e. The average molecular weight is 887 g/mol. The molecule has 0 fully saturated rings. The zero-order valence-electron chi connectivity index (χ0n) is 33.6. The number of allylic oxidation sites excluding steroid dienone is 4. The van der Waals surface area contributed by atoms with Gasteiger partial charge in [-0.2, -0.15) is 0 Å². The van der Waals surface area contributed by atoms with Crippen LogP contribution in [0.3, 0.4) is 0 Å². The monoisotopic (exact) mass is 886 g/mol. The molecule has 302 valence electrons. The van der Waals surface area contributed by atoms with Gasteiger partial charge < -0.3 is 52.3 Å². The van der Waals surface area contributed by atoms with Crippen molar-refractivity contribution in [1.29, 1.82) is 0 Å². The first kappa shape index (κ1) is 59.6. The van der Waals surface area contributed by atoms with Crippen molar-refractivity contribution >= 4 is 11.8 Å². The summed E-state index contributed by atoms with van der Waals surface area (Å²) < 4.78 is 34.5. The summed E-state index contributed by atoms with van der Waals surface area (Å²) in [7, 11) is 7.40. The van der Waals surface area contributed by atoms with Gasteiger partial charge in [-0.3, -0.25) is 23.3 Å². The van der Waals surface area contributed by atoms with Crippen LogP contribution in [-0.2, 0) is 22.4 Å². The molecule has 2 rings (SSSR count). The minimum Gasteiger partial charge on any atom is -0.504 e. The second-order valence-corrected chi connectivity index (χ2v) is 13.1. The van der Waals surface area contributed by atoms with E-state index >= 15 is 0 Å². The van der Waals surface area contributed by atoms with Crippen LogP contribution in [0.1, 0.15) is 52.7 Å². The number of amides is 2. The van der Waals surface area contributed by atoms with E-state index in [9.17, 15) is 30.0 Å². The standard InChI is InChI=1S/C20H24N2O6.4C4H9N.IO4.Na/c1-11(23)21-5-3-13-7-15(19(27)17(25)9-13)16-8-14(4-6-22-12(2)24)10-18(26)20(16)28;4*1-4(2)5-3;2-1(3,4)5;/h7-10,25-28H,3-6H2,1-2H3,(H,21,23)(H,22,24);4*5H,1H2,2-3H3;;/q;;;;;-1;+1. The predicted octanol–water partition coefficient (Wildman–Crippen LogP) is -6.26. The van der Waals surface area contributed by atoms with Crippen molar-refractivity contribution in [2.75, 3.05) is 41.3 Å². The Labute approximate surface area is 349 Å². The molecule has 10 N–H and O–H groups in total. The SMILES string of the molecule is C=C(C)NC.C=C(C)NC.C=C(C)NC.C=C(C)NC.CC(=O)NCCc1cc(O)c(O)c(-c2cc(CCNC(C)=O)cc(O)c2O)c1.[Na+].[O-][I+3]([O-])([O-])[O-]. The van der Waals surface area contributed by atoms with E-state index in [4.69, 9.17) is 13.7 Å². The van der Waals surface area contributed by atoms with Crippen LogP contribution < -0.4 is 95.3 Å². The first-order valence-electron chi connectivity index (χ1n) is 15.8. The number of aromatic hydroxyl groups is 4. The molecule has 2 aromatic carbocycles. The van der Waals surface area contributed by atoms with Gasteiger partial charge in [0.15, 0.2) is 23.0 Å². The van der Waals surface area contributed by atoms with E-state index in [0.29, 0.717) is 37.1 Å². The van der Waals surface area contributed by atoms with Crippen molar-refractivity contribution in [2.45, 2.75) is 54.4 Å². The number of carbonyl (C=O) groups excluding carboxylic acids is 2. The van der Waals surface area contributed by atoms with Crippen LogP contribution in [0.25, 0.3) is 11.1 Å². The average Bonchev–Trinajstić information content (AvgIpc) is 3.04. The maximum absolute atomic E-state index is 11.0. The number of hydrogen-bond donors (Lipinski definition) is 10. The van der Waals surface area contributed by atoms with Gasteiger partial charge in [-0.1, -0.05) is 26.3 Å². The molecule has 0 heterocycles. The molecular weight excluding hydrogens is 826 g/mol. The van der Waals surface area contributed by atoms with Gasteiger partial charge in [0.05, 0.1) is 0 Å². The van der Waals surface area contributed by atoms with Gasteiger partial charge in [0.25, 0.3) is 0 Å². The van der Waals surface area contributed by atoms with E-state index in [1.54, 1.807) is 12.1 Å². The number of hydrogen-bond acceptors (Lipinski definition) is 14. The van der Waals surface area contributed by atoms with E-state index in [-0.39, 0.29) is 64.0 Å². The Morgan fingerprint density at radius 1 is 0.556 bits per heavy atom. The van der Waals surface area contributed by atoms with Crippen LogP contribution in [-0.4, -0.2) is 73.5 Å². The zero-order valence-corrected chi connectivity index (χ0v) is 37.7. The minimum atomic E-state index is -5.94. The molecular formula is C36H60IN6NaO10. The van der Waals surface area contributed by atoms with Crippen LogP contribution in [0.2, 0.25) is 0 Å². The summed E-state index contributed by atoms with van der Waals surface area (Å²) in [5, 5.41) is 57.3. The van der Waals surface area contributed by atoms with Crippen LogP contribution >= 0.6 is 0 Å². The third kappa shape index (κ3) is 39.5. The first-order valence-corrected chi connectivity index (χ1v) is 19.3. The normalized spacial score (nSPS) is 9.07. The fraction of sp³-hybridized carbons (Fsp3) is 0.389. The van der Waals surface area contributed by atoms with Crippen molar-refractivity contribution in [1.82, 2.24) is 31.9 Å². The third-order valence-electron chi connectivity index (χ3n) is 5.87. The number of rotatable bonds is 11. The van der Waals surface area contributed by atoms with Crippen molar-refractivity contribution in [2.24, 2.45) is 0 Å². The van der Waals surface area contributed by atoms with Crippen LogP contribution in [0, 0.1) is 0 Å². The molecule has 0 radical (unpaired) electrons. The Hall–Kier alpha value is -3.69. The summed E-state index contributed by atoms with van der Waals surface area (Å²) in [5.41, 5.74) is 5.56. The molecule has 0 saturated carbocycles. The van der Waals surface area contributed by atoms with Gasteiger partial charge in [-0.05, 0) is 98.7 Å².